The van der Waals surface area contributed by atoms with Gasteiger partial charge in [-0.15, -0.1) is 0 Å². The molecule has 1 atom stereocenters. The summed E-state index contributed by atoms with van der Waals surface area (Å²) in [6, 6.07) is 5.06. The van der Waals surface area contributed by atoms with Crippen molar-refractivity contribution in [1.29, 1.82) is 0 Å². The van der Waals surface area contributed by atoms with Crippen molar-refractivity contribution in [2.75, 3.05) is 0 Å². The predicted molar refractivity (Wildman–Crippen MR) is 77.3 cm³/mol. The molecule has 1 aromatic carbocycles. The molecule has 1 rings (SSSR count). The second kappa shape index (κ2) is 8.57. The lowest BCUT2D eigenvalue weighted by molar-refractivity contribution is 0.0951. The number of aromatic hydroxyl groups is 1. The highest BCUT2D eigenvalue weighted by atomic mass is 32.3. The summed E-state index contributed by atoms with van der Waals surface area (Å²) in [4.78, 5) is 11.4. The highest BCUT2D eigenvalue weighted by molar-refractivity contribution is 7.79. The Labute approximate surface area is 123 Å². The van der Waals surface area contributed by atoms with Crippen molar-refractivity contribution in [3.05, 3.63) is 29.3 Å². The number of phenols is 1. The van der Waals surface area contributed by atoms with E-state index < -0.39 is 16.3 Å². The number of hydrogen-bond donors (Lipinski definition) is 5. The Hall–Kier alpha value is -1.68. The van der Waals surface area contributed by atoms with Crippen LogP contribution in [0.3, 0.4) is 0 Å². The number of benzene rings is 1. The van der Waals surface area contributed by atoms with Gasteiger partial charge in [0.05, 0.1) is 5.56 Å². The largest absolute Gasteiger partial charge is 0.507 e. The van der Waals surface area contributed by atoms with Crippen LogP contribution in [0.1, 0.15) is 48.5 Å². The normalized spacial score (nSPS) is 12.0. The molecule has 1 amide bonds. The minimum absolute atomic E-state index is 0.0459. The lowest BCUT2D eigenvalue weighted by Gasteiger charge is -2.12. The topological polar surface area (TPSA) is 150 Å². The quantitative estimate of drug-likeness (QED) is 0.242. The van der Waals surface area contributed by atoms with Crippen LogP contribution in [-0.2, 0) is 10.4 Å². The number of amides is 1. The molecule has 0 radical (unpaired) electrons. The van der Waals surface area contributed by atoms with Crippen LogP contribution >= 0.6 is 0 Å². The molecule has 0 fully saturated rings. The summed E-state index contributed by atoms with van der Waals surface area (Å²) < 4.78 is 31.6. The lowest BCUT2D eigenvalue weighted by atomic mass is 9.94. The van der Waals surface area contributed by atoms with E-state index in [2.05, 4.69) is 13.8 Å². The highest BCUT2D eigenvalue weighted by Crippen LogP contribution is 2.25. The van der Waals surface area contributed by atoms with Crippen molar-refractivity contribution in [2.45, 2.75) is 32.6 Å². The Morgan fingerprint density at radius 2 is 1.90 bits per heavy atom. The number of nitrogens with one attached hydrogen (secondary N) is 1. The standard InChI is InChI=1S/C12H18N2O2.H2O4S/c1-3-4-8(2)9-5-6-11(15)10(7-9)12(16)14-13;1-5(2,3)4/h5-8,15H,3-4,13H2,1-2H3,(H,14,16);(H2,1,2,3,4). The zero-order valence-electron chi connectivity index (χ0n) is 11.8. The van der Waals surface area contributed by atoms with E-state index in [0.29, 0.717) is 5.92 Å². The van der Waals surface area contributed by atoms with Crippen molar-refractivity contribution in [1.82, 2.24) is 5.43 Å². The van der Waals surface area contributed by atoms with Crippen LogP contribution in [0.2, 0.25) is 0 Å². The first kappa shape index (κ1) is 19.3. The number of hydrazine groups is 1. The van der Waals surface area contributed by atoms with Crippen molar-refractivity contribution < 1.29 is 27.4 Å². The van der Waals surface area contributed by atoms with Gasteiger partial charge in [-0.1, -0.05) is 26.3 Å². The van der Waals surface area contributed by atoms with Gasteiger partial charge >= 0.3 is 10.4 Å². The highest BCUT2D eigenvalue weighted by Gasteiger charge is 2.13. The van der Waals surface area contributed by atoms with Gasteiger partial charge in [0.2, 0.25) is 0 Å². The van der Waals surface area contributed by atoms with Crippen LogP contribution in [-0.4, -0.2) is 28.5 Å². The molecular weight excluding hydrogens is 300 g/mol. The van der Waals surface area contributed by atoms with Gasteiger partial charge in [-0.3, -0.25) is 19.3 Å². The smallest absolute Gasteiger partial charge is 0.394 e. The van der Waals surface area contributed by atoms with E-state index in [1.165, 1.54) is 6.07 Å². The Morgan fingerprint density at radius 3 is 2.33 bits per heavy atom. The van der Waals surface area contributed by atoms with Gasteiger partial charge in [-0.25, -0.2) is 5.84 Å². The van der Waals surface area contributed by atoms with Gasteiger partial charge in [-0.05, 0) is 30.0 Å². The number of carbonyl (C=O) groups is 1. The third kappa shape index (κ3) is 8.25. The molecule has 0 aromatic heterocycles. The van der Waals surface area contributed by atoms with Gasteiger partial charge in [0.25, 0.3) is 5.91 Å². The Kier molecular flexibility index (Phi) is 7.89. The molecule has 1 unspecified atom stereocenters. The number of carbonyl (C=O) groups excluding carboxylic acids is 1. The van der Waals surface area contributed by atoms with Crippen LogP contribution in [0.5, 0.6) is 5.75 Å². The van der Waals surface area contributed by atoms with Crippen molar-refractivity contribution >= 4 is 16.3 Å². The molecule has 0 aliphatic rings. The Bertz CT molecular complexity index is 565. The van der Waals surface area contributed by atoms with E-state index in [-0.39, 0.29) is 11.3 Å². The average Bonchev–Trinajstić information content (AvgIpc) is 2.36. The Balaban J connectivity index is 0.000000690. The molecule has 0 saturated heterocycles. The van der Waals surface area contributed by atoms with E-state index in [1.54, 1.807) is 6.07 Å². The number of nitrogen functional groups attached to an aromatic ring is 1. The van der Waals surface area contributed by atoms with Crippen LogP contribution in [0, 0.1) is 0 Å². The summed E-state index contributed by atoms with van der Waals surface area (Å²) in [7, 11) is -4.67. The summed E-state index contributed by atoms with van der Waals surface area (Å²) in [5.41, 5.74) is 3.29. The first-order chi connectivity index (χ1) is 9.60. The molecule has 8 nitrogen and oxygen atoms in total. The fourth-order valence-electron chi connectivity index (χ4n) is 1.72. The van der Waals surface area contributed by atoms with E-state index >= 15 is 0 Å². The van der Waals surface area contributed by atoms with Gasteiger partial charge in [-0.2, -0.15) is 8.42 Å². The van der Waals surface area contributed by atoms with Gasteiger partial charge in [0.15, 0.2) is 0 Å². The summed E-state index contributed by atoms with van der Waals surface area (Å²) in [5, 5.41) is 9.53. The van der Waals surface area contributed by atoms with E-state index in [9.17, 15) is 9.90 Å². The summed E-state index contributed by atoms with van der Waals surface area (Å²) in [6.45, 7) is 4.21. The third-order valence-corrected chi connectivity index (χ3v) is 2.69. The maximum absolute atomic E-state index is 11.4. The van der Waals surface area contributed by atoms with E-state index in [4.69, 9.17) is 23.4 Å². The number of phenolic OH excluding ortho intramolecular Hbond substituents is 1. The molecule has 0 saturated carbocycles. The zero-order valence-corrected chi connectivity index (χ0v) is 12.6. The second-order valence-corrected chi connectivity index (χ2v) is 5.28. The molecule has 1 aromatic rings. The number of nitrogens with two attached hydrogens (primary N) is 1. The average molecular weight is 320 g/mol. The maximum atomic E-state index is 11.4. The van der Waals surface area contributed by atoms with Crippen LogP contribution < -0.4 is 11.3 Å². The molecule has 0 aliphatic carbocycles. The lowest BCUT2D eigenvalue weighted by Crippen LogP contribution is -2.30. The Morgan fingerprint density at radius 1 is 1.38 bits per heavy atom. The predicted octanol–water partition coefficient (Wildman–Crippen LogP) is 1.25. The van der Waals surface area contributed by atoms with Crippen molar-refractivity contribution in [3.63, 3.8) is 0 Å². The molecule has 120 valence electrons. The fourth-order valence-corrected chi connectivity index (χ4v) is 1.72. The molecule has 6 N–H and O–H groups in total. The molecule has 0 spiro atoms. The first-order valence-corrected chi connectivity index (χ1v) is 7.53. The molecule has 0 aliphatic heterocycles. The second-order valence-electron chi connectivity index (χ2n) is 4.39. The van der Waals surface area contributed by atoms with E-state index in [1.807, 2.05) is 11.5 Å². The summed E-state index contributed by atoms with van der Waals surface area (Å²) in [5.74, 6) is 4.90. The summed E-state index contributed by atoms with van der Waals surface area (Å²) in [6.07, 6.45) is 2.13. The molecule has 0 bridgehead atoms. The van der Waals surface area contributed by atoms with E-state index in [0.717, 1.165) is 18.4 Å². The number of hydrogen-bond acceptors (Lipinski definition) is 5. The molecule has 9 heteroatoms. The molecular formula is C12H20N2O6S. The molecule has 21 heavy (non-hydrogen) atoms. The van der Waals surface area contributed by atoms with Gasteiger partial charge < -0.3 is 5.11 Å². The van der Waals surface area contributed by atoms with Crippen LogP contribution in [0.25, 0.3) is 0 Å². The first-order valence-electron chi connectivity index (χ1n) is 6.13. The zero-order chi connectivity index (χ0) is 16.6. The van der Waals surface area contributed by atoms with Crippen LogP contribution in [0.4, 0.5) is 0 Å². The van der Waals surface area contributed by atoms with Crippen LogP contribution in [0.15, 0.2) is 18.2 Å². The monoisotopic (exact) mass is 320 g/mol. The van der Waals surface area contributed by atoms with Gasteiger partial charge in [0.1, 0.15) is 5.75 Å². The summed E-state index contributed by atoms with van der Waals surface area (Å²) >= 11 is 0. The minimum atomic E-state index is -4.67. The minimum Gasteiger partial charge on any atom is -0.507 e. The molecule has 0 heterocycles. The fraction of sp³-hybridized carbons (Fsp3) is 0.417. The number of rotatable bonds is 4. The van der Waals surface area contributed by atoms with Crippen molar-refractivity contribution in [3.8, 4) is 5.75 Å². The van der Waals surface area contributed by atoms with Crippen molar-refractivity contribution in [2.24, 2.45) is 5.84 Å². The van der Waals surface area contributed by atoms with Gasteiger partial charge in [0, 0.05) is 0 Å². The third-order valence-electron chi connectivity index (χ3n) is 2.69. The SMILES string of the molecule is CCCC(C)c1ccc(O)c(C(=O)NN)c1.O=S(=O)(O)O. The maximum Gasteiger partial charge on any atom is 0.394 e.